The number of aryl methyl sites for hydroxylation is 1. The van der Waals surface area contributed by atoms with Gasteiger partial charge in [-0.1, -0.05) is 6.07 Å². The average molecular weight is 343 g/mol. The maximum absolute atomic E-state index is 12.2. The van der Waals surface area contributed by atoms with Gasteiger partial charge in [0.1, 0.15) is 0 Å². The van der Waals surface area contributed by atoms with E-state index in [1.807, 2.05) is 12.1 Å². The Morgan fingerprint density at radius 1 is 1.12 bits per heavy atom. The van der Waals surface area contributed by atoms with E-state index in [-0.39, 0.29) is 11.8 Å². The summed E-state index contributed by atoms with van der Waals surface area (Å²) in [6, 6.07) is 6.00. The number of nitrogens with one attached hydrogen (secondary N) is 1. The maximum atomic E-state index is 12.2. The lowest BCUT2D eigenvalue weighted by atomic mass is 9.82. The molecule has 0 radical (unpaired) electrons. The minimum atomic E-state index is 0.0980. The average Bonchev–Trinajstić information content (AvgIpc) is 2.98. The first-order valence-corrected chi connectivity index (χ1v) is 9.19. The topological polar surface area (TPSA) is 47.6 Å². The largest absolute Gasteiger partial charge is 0.493 e. The first-order valence-electron chi connectivity index (χ1n) is 8.37. The van der Waals surface area contributed by atoms with E-state index in [1.165, 1.54) is 28.8 Å². The van der Waals surface area contributed by atoms with Crippen molar-refractivity contribution in [2.24, 2.45) is 0 Å². The fraction of sp³-hybridized carbons (Fsp3) is 0.421. The zero-order valence-electron chi connectivity index (χ0n) is 14.0. The molecule has 1 aliphatic heterocycles. The molecule has 1 atom stereocenters. The van der Waals surface area contributed by atoms with Crippen molar-refractivity contribution in [1.82, 2.24) is 0 Å². The normalized spacial score (nSPS) is 19.2. The summed E-state index contributed by atoms with van der Waals surface area (Å²) < 4.78 is 10.8. The van der Waals surface area contributed by atoms with Crippen molar-refractivity contribution in [3.63, 3.8) is 0 Å². The van der Waals surface area contributed by atoms with Gasteiger partial charge >= 0.3 is 0 Å². The van der Waals surface area contributed by atoms with Crippen LogP contribution in [0.1, 0.15) is 46.7 Å². The van der Waals surface area contributed by atoms with Gasteiger partial charge in [-0.3, -0.25) is 4.79 Å². The van der Waals surface area contributed by atoms with Gasteiger partial charge in [-0.25, -0.2) is 0 Å². The van der Waals surface area contributed by atoms with Crippen LogP contribution < -0.4 is 14.8 Å². The van der Waals surface area contributed by atoms with Gasteiger partial charge in [0.25, 0.3) is 0 Å². The number of fused-ring (bicyclic) bond motifs is 3. The molecular weight excluding hydrogens is 322 g/mol. The van der Waals surface area contributed by atoms with Crippen molar-refractivity contribution >= 4 is 22.2 Å². The van der Waals surface area contributed by atoms with Crippen molar-refractivity contribution in [2.45, 2.75) is 38.0 Å². The van der Waals surface area contributed by atoms with Gasteiger partial charge in [0.05, 0.1) is 19.2 Å². The molecule has 1 amide bonds. The van der Waals surface area contributed by atoms with Crippen LogP contribution in [0.4, 0.5) is 5.00 Å². The lowest BCUT2D eigenvalue weighted by Gasteiger charge is -2.26. The van der Waals surface area contributed by atoms with E-state index >= 15 is 0 Å². The Bertz CT molecular complexity index is 796. The number of carbonyl (C=O) groups is 1. The fourth-order valence-electron chi connectivity index (χ4n) is 3.87. The molecule has 1 N–H and O–H groups in total. The number of methoxy groups -OCH3 is 2. The lowest BCUT2D eigenvalue weighted by Crippen LogP contribution is -2.23. The molecule has 1 aliphatic carbocycles. The zero-order valence-corrected chi connectivity index (χ0v) is 14.8. The number of benzene rings is 1. The predicted octanol–water partition coefficient (Wildman–Crippen LogP) is 4.12. The van der Waals surface area contributed by atoms with Crippen molar-refractivity contribution < 1.29 is 14.3 Å². The summed E-state index contributed by atoms with van der Waals surface area (Å²) >= 11 is 1.77. The molecular formula is C19H21NO3S. The van der Waals surface area contributed by atoms with Crippen LogP contribution in [0.15, 0.2) is 18.2 Å². The quantitative estimate of drug-likeness (QED) is 0.912. The van der Waals surface area contributed by atoms with Crippen LogP contribution in [0.5, 0.6) is 11.5 Å². The summed E-state index contributed by atoms with van der Waals surface area (Å²) in [5, 5.41) is 4.15. The van der Waals surface area contributed by atoms with Crippen LogP contribution in [0.25, 0.3) is 0 Å². The van der Waals surface area contributed by atoms with Gasteiger partial charge in [0.15, 0.2) is 11.5 Å². The van der Waals surface area contributed by atoms with Crippen LogP contribution >= 0.6 is 11.3 Å². The molecule has 1 aromatic carbocycles. The number of hydrogen-bond donors (Lipinski definition) is 1. The van der Waals surface area contributed by atoms with E-state index in [4.69, 9.17) is 9.47 Å². The third kappa shape index (κ3) is 2.47. The molecule has 2 heterocycles. The second-order valence-corrected chi connectivity index (χ2v) is 7.48. The van der Waals surface area contributed by atoms with Crippen LogP contribution in [0.3, 0.4) is 0 Å². The molecule has 2 aliphatic rings. The van der Waals surface area contributed by atoms with Crippen molar-refractivity contribution in [3.05, 3.63) is 39.8 Å². The lowest BCUT2D eigenvalue weighted by molar-refractivity contribution is -0.116. The number of amides is 1. The number of anilines is 1. The number of ether oxygens (including phenoxy) is 2. The third-order valence-electron chi connectivity index (χ3n) is 5.01. The second-order valence-electron chi connectivity index (χ2n) is 6.37. The second kappa shape index (κ2) is 6.13. The van der Waals surface area contributed by atoms with Gasteiger partial charge in [-0.05, 0) is 54.5 Å². The van der Waals surface area contributed by atoms with Gasteiger partial charge in [-0.2, -0.15) is 0 Å². The SMILES string of the molecule is COc1ccc([C@H]2CC(=O)Nc3sc4c(c32)CCCC4)cc1OC. The summed E-state index contributed by atoms with van der Waals surface area (Å²) in [5.41, 5.74) is 3.93. The van der Waals surface area contributed by atoms with Crippen molar-refractivity contribution in [2.75, 3.05) is 19.5 Å². The molecule has 0 unspecified atom stereocenters. The number of hydrogen-bond acceptors (Lipinski definition) is 4. The number of thiophene rings is 1. The molecule has 0 bridgehead atoms. The zero-order chi connectivity index (χ0) is 16.7. The molecule has 0 fully saturated rings. The third-order valence-corrected chi connectivity index (χ3v) is 6.24. The first-order chi connectivity index (χ1) is 11.7. The Labute approximate surface area is 145 Å². The molecule has 126 valence electrons. The van der Waals surface area contributed by atoms with Gasteiger partial charge in [0, 0.05) is 17.2 Å². The molecule has 5 heteroatoms. The molecule has 1 aromatic heterocycles. The van der Waals surface area contributed by atoms with E-state index in [1.54, 1.807) is 25.6 Å². The number of rotatable bonds is 3. The highest BCUT2D eigenvalue weighted by Gasteiger charge is 2.33. The van der Waals surface area contributed by atoms with E-state index in [0.29, 0.717) is 17.9 Å². The summed E-state index contributed by atoms with van der Waals surface area (Å²) in [7, 11) is 3.28. The number of carbonyl (C=O) groups excluding carboxylic acids is 1. The standard InChI is InChI=1S/C19H21NO3S/c1-22-14-8-7-11(9-15(14)23-2)13-10-17(21)20-19-18(13)12-5-3-4-6-16(12)24-19/h7-9,13H,3-6,10H2,1-2H3,(H,20,21)/t13-/m1/s1. The molecule has 0 saturated carbocycles. The van der Waals surface area contributed by atoms with E-state index in [9.17, 15) is 4.79 Å². The smallest absolute Gasteiger partial charge is 0.225 e. The monoisotopic (exact) mass is 343 g/mol. The molecule has 4 rings (SSSR count). The molecule has 4 nitrogen and oxygen atoms in total. The van der Waals surface area contributed by atoms with Crippen LogP contribution in [-0.4, -0.2) is 20.1 Å². The molecule has 24 heavy (non-hydrogen) atoms. The van der Waals surface area contributed by atoms with Crippen LogP contribution in [0.2, 0.25) is 0 Å². The van der Waals surface area contributed by atoms with Crippen LogP contribution in [-0.2, 0) is 17.6 Å². The van der Waals surface area contributed by atoms with Crippen molar-refractivity contribution in [1.29, 1.82) is 0 Å². The Hall–Kier alpha value is -2.01. The Kier molecular flexibility index (Phi) is 3.96. The molecule has 2 aromatic rings. The van der Waals surface area contributed by atoms with Gasteiger partial charge in [0.2, 0.25) is 5.91 Å². The Morgan fingerprint density at radius 2 is 1.92 bits per heavy atom. The molecule has 0 saturated heterocycles. The summed E-state index contributed by atoms with van der Waals surface area (Å²) in [6.07, 6.45) is 5.25. The molecule has 0 spiro atoms. The summed E-state index contributed by atoms with van der Waals surface area (Å²) in [6.45, 7) is 0. The van der Waals surface area contributed by atoms with E-state index in [0.717, 1.165) is 23.4 Å². The van der Waals surface area contributed by atoms with Gasteiger partial charge < -0.3 is 14.8 Å². The fourth-order valence-corrected chi connectivity index (χ4v) is 5.24. The minimum Gasteiger partial charge on any atom is -0.493 e. The summed E-state index contributed by atoms with van der Waals surface area (Å²) in [4.78, 5) is 13.7. The summed E-state index contributed by atoms with van der Waals surface area (Å²) in [5.74, 6) is 1.63. The van der Waals surface area contributed by atoms with Gasteiger partial charge in [-0.15, -0.1) is 11.3 Å². The first kappa shape index (κ1) is 15.5. The highest BCUT2D eigenvalue weighted by atomic mass is 32.1. The highest BCUT2D eigenvalue weighted by Crippen LogP contribution is 2.48. The van der Waals surface area contributed by atoms with E-state index < -0.39 is 0 Å². The minimum absolute atomic E-state index is 0.0980. The van der Waals surface area contributed by atoms with E-state index in [2.05, 4.69) is 11.4 Å². The van der Waals surface area contributed by atoms with Crippen LogP contribution in [0, 0.1) is 0 Å². The maximum Gasteiger partial charge on any atom is 0.225 e. The Balaban J connectivity index is 1.82. The Morgan fingerprint density at radius 3 is 2.71 bits per heavy atom. The predicted molar refractivity (Wildman–Crippen MR) is 95.6 cm³/mol. The van der Waals surface area contributed by atoms with Crippen molar-refractivity contribution in [3.8, 4) is 11.5 Å². The highest BCUT2D eigenvalue weighted by molar-refractivity contribution is 7.16.